The van der Waals surface area contributed by atoms with Crippen LogP contribution in [0.3, 0.4) is 0 Å². The molecule has 0 aliphatic heterocycles. The Bertz CT molecular complexity index is 456. The van der Waals surface area contributed by atoms with Crippen LogP contribution in [-0.2, 0) is 11.3 Å². The van der Waals surface area contributed by atoms with E-state index < -0.39 is 5.97 Å². The van der Waals surface area contributed by atoms with E-state index in [0.29, 0.717) is 19.4 Å². The molecule has 1 atom stereocenters. The summed E-state index contributed by atoms with van der Waals surface area (Å²) in [6.07, 6.45) is 1.32. The van der Waals surface area contributed by atoms with Gasteiger partial charge in [-0.1, -0.05) is 0 Å². The van der Waals surface area contributed by atoms with Gasteiger partial charge in [-0.25, -0.2) is 4.79 Å². The highest BCUT2D eigenvalue weighted by molar-refractivity contribution is 5.74. The summed E-state index contributed by atoms with van der Waals surface area (Å²) >= 11 is 0. The van der Waals surface area contributed by atoms with Crippen molar-refractivity contribution in [3.63, 3.8) is 0 Å². The standard InChI is InChI=1S/C14H22N2O4/c1-10(5-4-6-13(17)18)15-14(19)16(3)9-12-8-7-11(2)20-12/h7-8,10H,4-6,9H2,1-3H3,(H,15,19)(H,17,18). The van der Waals surface area contributed by atoms with E-state index in [1.165, 1.54) is 4.90 Å². The molecule has 0 saturated heterocycles. The van der Waals surface area contributed by atoms with Crippen LogP contribution >= 0.6 is 0 Å². The zero-order chi connectivity index (χ0) is 15.1. The van der Waals surface area contributed by atoms with E-state index in [4.69, 9.17) is 9.52 Å². The summed E-state index contributed by atoms with van der Waals surface area (Å²) in [6, 6.07) is 3.45. The van der Waals surface area contributed by atoms with Gasteiger partial charge in [-0.15, -0.1) is 0 Å². The molecule has 6 heteroatoms. The van der Waals surface area contributed by atoms with Crippen molar-refractivity contribution in [3.8, 4) is 0 Å². The molecule has 0 bridgehead atoms. The van der Waals surface area contributed by atoms with Crippen molar-refractivity contribution in [3.05, 3.63) is 23.7 Å². The Morgan fingerprint density at radius 2 is 2.15 bits per heavy atom. The van der Waals surface area contributed by atoms with Gasteiger partial charge < -0.3 is 19.7 Å². The molecule has 0 aliphatic carbocycles. The van der Waals surface area contributed by atoms with Crippen LogP contribution in [-0.4, -0.2) is 35.1 Å². The second-order valence-electron chi connectivity index (χ2n) is 5.00. The molecule has 0 fully saturated rings. The van der Waals surface area contributed by atoms with Gasteiger partial charge in [0.25, 0.3) is 0 Å². The Balaban J connectivity index is 2.31. The van der Waals surface area contributed by atoms with E-state index in [-0.39, 0.29) is 18.5 Å². The van der Waals surface area contributed by atoms with Crippen molar-refractivity contribution in [1.82, 2.24) is 10.2 Å². The first-order valence-corrected chi connectivity index (χ1v) is 6.67. The Morgan fingerprint density at radius 3 is 2.70 bits per heavy atom. The summed E-state index contributed by atoms with van der Waals surface area (Å²) in [5, 5.41) is 11.4. The van der Waals surface area contributed by atoms with E-state index in [1.807, 2.05) is 26.0 Å². The summed E-state index contributed by atoms with van der Waals surface area (Å²) < 4.78 is 5.41. The van der Waals surface area contributed by atoms with Crippen LogP contribution in [0.2, 0.25) is 0 Å². The van der Waals surface area contributed by atoms with Gasteiger partial charge in [0.1, 0.15) is 11.5 Å². The number of amides is 2. The number of carboxylic acids is 1. The molecule has 0 saturated carbocycles. The van der Waals surface area contributed by atoms with Gasteiger partial charge in [-0.3, -0.25) is 4.79 Å². The maximum absolute atomic E-state index is 11.9. The smallest absolute Gasteiger partial charge is 0.317 e. The third-order valence-electron chi connectivity index (χ3n) is 2.93. The maximum Gasteiger partial charge on any atom is 0.317 e. The van der Waals surface area contributed by atoms with E-state index in [0.717, 1.165) is 11.5 Å². The highest BCUT2D eigenvalue weighted by atomic mass is 16.4. The number of aryl methyl sites for hydroxylation is 1. The molecule has 0 radical (unpaired) electrons. The van der Waals surface area contributed by atoms with Crippen molar-refractivity contribution in [1.29, 1.82) is 0 Å². The Kier molecular flexibility index (Phi) is 6.09. The molecule has 112 valence electrons. The number of nitrogens with zero attached hydrogens (tertiary/aromatic N) is 1. The highest BCUT2D eigenvalue weighted by Crippen LogP contribution is 2.09. The summed E-state index contributed by atoms with van der Waals surface area (Å²) in [5.41, 5.74) is 0. The lowest BCUT2D eigenvalue weighted by Crippen LogP contribution is -2.41. The molecule has 20 heavy (non-hydrogen) atoms. The van der Waals surface area contributed by atoms with Crippen LogP contribution in [0.15, 0.2) is 16.5 Å². The monoisotopic (exact) mass is 282 g/mol. The first-order chi connectivity index (χ1) is 9.38. The number of furan rings is 1. The van der Waals surface area contributed by atoms with Crippen LogP contribution in [0.4, 0.5) is 4.79 Å². The lowest BCUT2D eigenvalue weighted by molar-refractivity contribution is -0.137. The van der Waals surface area contributed by atoms with Gasteiger partial charge in [0.05, 0.1) is 6.54 Å². The minimum Gasteiger partial charge on any atom is -0.481 e. The summed E-state index contributed by atoms with van der Waals surface area (Å²) in [5.74, 6) is 0.739. The summed E-state index contributed by atoms with van der Waals surface area (Å²) in [7, 11) is 1.69. The van der Waals surface area contributed by atoms with Crippen molar-refractivity contribution < 1.29 is 19.1 Å². The molecular formula is C14H22N2O4. The molecule has 2 amide bonds. The average Bonchev–Trinajstić information content (AvgIpc) is 2.74. The molecule has 2 N–H and O–H groups in total. The fourth-order valence-corrected chi connectivity index (χ4v) is 1.83. The van der Waals surface area contributed by atoms with E-state index in [9.17, 15) is 9.59 Å². The predicted molar refractivity (Wildman–Crippen MR) is 74.4 cm³/mol. The van der Waals surface area contributed by atoms with Crippen molar-refractivity contribution in [2.75, 3.05) is 7.05 Å². The number of carboxylic acid groups (broad SMARTS) is 1. The maximum atomic E-state index is 11.9. The molecule has 0 spiro atoms. The molecule has 0 aliphatic rings. The topological polar surface area (TPSA) is 82.8 Å². The quantitative estimate of drug-likeness (QED) is 0.804. The van der Waals surface area contributed by atoms with Gasteiger partial charge in [-0.05, 0) is 38.8 Å². The molecule has 0 aromatic carbocycles. The van der Waals surface area contributed by atoms with Crippen LogP contribution in [0.5, 0.6) is 0 Å². The highest BCUT2D eigenvalue weighted by Gasteiger charge is 2.13. The molecule has 1 unspecified atom stereocenters. The first kappa shape index (κ1) is 16.1. The molecular weight excluding hydrogens is 260 g/mol. The molecule has 1 heterocycles. The summed E-state index contributed by atoms with van der Waals surface area (Å²) in [6.45, 7) is 4.13. The predicted octanol–water partition coefficient (Wildman–Crippen LogP) is 2.37. The molecule has 6 nitrogen and oxygen atoms in total. The average molecular weight is 282 g/mol. The van der Waals surface area contributed by atoms with Crippen LogP contribution < -0.4 is 5.32 Å². The third kappa shape index (κ3) is 5.77. The number of hydrogen-bond donors (Lipinski definition) is 2. The SMILES string of the molecule is Cc1ccc(CN(C)C(=O)NC(C)CCCC(=O)O)o1. The minimum absolute atomic E-state index is 0.0531. The number of rotatable bonds is 7. The number of aliphatic carboxylic acids is 1. The second-order valence-corrected chi connectivity index (χ2v) is 5.00. The van der Waals surface area contributed by atoms with Crippen LogP contribution in [0.25, 0.3) is 0 Å². The number of hydrogen-bond acceptors (Lipinski definition) is 3. The number of nitrogens with one attached hydrogen (secondary N) is 1. The van der Waals surface area contributed by atoms with Gasteiger partial charge in [0, 0.05) is 19.5 Å². The van der Waals surface area contributed by atoms with Crippen LogP contribution in [0.1, 0.15) is 37.7 Å². The second kappa shape index (κ2) is 7.57. The van der Waals surface area contributed by atoms with Gasteiger partial charge in [-0.2, -0.15) is 0 Å². The fourth-order valence-electron chi connectivity index (χ4n) is 1.83. The van der Waals surface area contributed by atoms with Gasteiger partial charge >= 0.3 is 12.0 Å². The lowest BCUT2D eigenvalue weighted by Gasteiger charge is -2.20. The lowest BCUT2D eigenvalue weighted by atomic mass is 10.1. The molecule has 1 aromatic rings. The summed E-state index contributed by atoms with van der Waals surface area (Å²) in [4.78, 5) is 23.9. The Hall–Kier alpha value is -1.98. The first-order valence-electron chi connectivity index (χ1n) is 6.67. The molecule has 1 aromatic heterocycles. The van der Waals surface area contributed by atoms with Crippen molar-refractivity contribution in [2.45, 2.75) is 45.7 Å². The largest absolute Gasteiger partial charge is 0.481 e. The van der Waals surface area contributed by atoms with E-state index in [2.05, 4.69) is 5.32 Å². The van der Waals surface area contributed by atoms with Gasteiger partial charge in [0.15, 0.2) is 0 Å². The fraction of sp³-hybridized carbons (Fsp3) is 0.571. The van der Waals surface area contributed by atoms with E-state index in [1.54, 1.807) is 7.05 Å². The zero-order valence-corrected chi connectivity index (χ0v) is 12.2. The zero-order valence-electron chi connectivity index (χ0n) is 12.2. The van der Waals surface area contributed by atoms with Crippen molar-refractivity contribution >= 4 is 12.0 Å². The number of carbonyl (C=O) groups excluding carboxylic acids is 1. The Labute approximate surface area is 118 Å². The molecule has 1 rings (SSSR count). The normalized spacial score (nSPS) is 11.9. The van der Waals surface area contributed by atoms with Crippen molar-refractivity contribution in [2.24, 2.45) is 0 Å². The van der Waals surface area contributed by atoms with Crippen LogP contribution in [0, 0.1) is 6.92 Å². The number of carbonyl (C=O) groups is 2. The minimum atomic E-state index is -0.811. The van der Waals surface area contributed by atoms with Gasteiger partial charge in [0.2, 0.25) is 0 Å². The third-order valence-corrected chi connectivity index (χ3v) is 2.93. The Morgan fingerprint density at radius 1 is 1.45 bits per heavy atom. The van der Waals surface area contributed by atoms with E-state index >= 15 is 0 Å². The number of urea groups is 1.